The summed E-state index contributed by atoms with van der Waals surface area (Å²) in [4.78, 5) is 0. The number of unbranched alkanes of at least 4 members (excludes halogenated alkanes) is 5. The highest BCUT2D eigenvalue weighted by Crippen LogP contribution is 2.28. The summed E-state index contributed by atoms with van der Waals surface area (Å²) < 4.78 is 11.2. The van der Waals surface area contributed by atoms with Crippen molar-refractivity contribution >= 4 is 0 Å². The molecule has 0 aliphatic carbocycles. The Bertz CT molecular complexity index is 228. The molecule has 1 unspecified atom stereocenters. The molecule has 0 amide bonds. The van der Waals surface area contributed by atoms with Gasteiger partial charge in [0.1, 0.15) is 6.10 Å². The van der Waals surface area contributed by atoms with E-state index in [1.807, 2.05) is 6.92 Å². The van der Waals surface area contributed by atoms with Gasteiger partial charge in [-0.25, -0.2) is 0 Å². The van der Waals surface area contributed by atoms with Crippen LogP contribution in [0.3, 0.4) is 0 Å². The van der Waals surface area contributed by atoms with Gasteiger partial charge in [0.2, 0.25) is 0 Å². The predicted molar refractivity (Wildman–Crippen MR) is 83.1 cm³/mol. The number of hydrogen-bond donors (Lipinski definition) is 0. The zero-order valence-corrected chi connectivity index (χ0v) is 13.8. The zero-order valence-electron chi connectivity index (χ0n) is 13.8. The molecule has 114 valence electrons. The first-order valence-electron chi connectivity index (χ1n) is 7.90. The molecular formula is C17H34O2. The minimum atomic E-state index is 0.128. The first kappa shape index (κ1) is 18.3. The van der Waals surface area contributed by atoms with Gasteiger partial charge >= 0.3 is 0 Å². The van der Waals surface area contributed by atoms with E-state index in [1.165, 1.54) is 38.5 Å². The summed E-state index contributed by atoms with van der Waals surface area (Å²) in [5, 5.41) is 0. The van der Waals surface area contributed by atoms with Crippen LogP contribution in [0.1, 0.15) is 79.6 Å². The second kappa shape index (κ2) is 10.2. The fourth-order valence-corrected chi connectivity index (χ4v) is 2.13. The number of rotatable bonds is 11. The van der Waals surface area contributed by atoms with Crippen LogP contribution in [0, 0.1) is 5.41 Å². The van der Waals surface area contributed by atoms with Gasteiger partial charge in [-0.3, -0.25) is 0 Å². The van der Waals surface area contributed by atoms with Crippen molar-refractivity contribution in [2.24, 2.45) is 5.41 Å². The van der Waals surface area contributed by atoms with Gasteiger partial charge in [0.05, 0.1) is 6.61 Å². The van der Waals surface area contributed by atoms with Gasteiger partial charge in [-0.05, 0) is 31.8 Å². The normalized spacial score (nSPS) is 13.1. The molecular weight excluding hydrogens is 236 g/mol. The van der Waals surface area contributed by atoms with Crippen LogP contribution in [0.5, 0.6) is 0 Å². The van der Waals surface area contributed by atoms with E-state index in [0.29, 0.717) is 12.6 Å². The Balaban J connectivity index is 3.98. The minimum absolute atomic E-state index is 0.128. The topological polar surface area (TPSA) is 18.5 Å². The van der Waals surface area contributed by atoms with Crippen molar-refractivity contribution in [3.05, 3.63) is 12.5 Å². The van der Waals surface area contributed by atoms with E-state index in [1.54, 1.807) is 0 Å². The van der Waals surface area contributed by atoms with E-state index in [4.69, 9.17) is 9.47 Å². The van der Waals surface area contributed by atoms with Crippen LogP contribution in [0.2, 0.25) is 0 Å². The monoisotopic (exact) mass is 270 g/mol. The number of ether oxygens (including phenoxy) is 2. The molecule has 0 aliphatic heterocycles. The van der Waals surface area contributed by atoms with Crippen LogP contribution in [0.4, 0.5) is 0 Å². The van der Waals surface area contributed by atoms with Crippen molar-refractivity contribution in [2.45, 2.75) is 85.7 Å². The Hall–Kier alpha value is -0.660. The summed E-state index contributed by atoms with van der Waals surface area (Å²) in [6, 6.07) is 0. The van der Waals surface area contributed by atoms with Gasteiger partial charge in [0, 0.05) is 0 Å². The van der Waals surface area contributed by atoms with Crippen LogP contribution in [0.15, 0.2) is 12.5 Å². The van der Waals surface area contributed by atoms with Gasteiger partial charge in [-0.1, -0.05) is 59.8 Å². The molecule has 19 heavy (non-hydrogen) atoms. The smallest absolute Gasteiger partial charge is 0.271 e. The van der Waals surface area contributed by atoms with E-state index in [9.17, 15) is 0 Å². The molecule has 0 aliphatic rings. The Labute approximate surface area is 120 Å². The number of hydrogen-bond acceptors (Lipinski definition) is 2. The lowest BCUT2D eigenvalue weighted by Crippen LogP contribution is -2.29. The fraction of sp³-hybridized carbons (Fsp3) is 0.882. The maximum atomic E-state index is 5.87. The Morgan fingerprint density at radius 2 is 1.58 bits per heavy atom. The molecule has 1 atom stereocenters. The molecule has 0 fully saturated rings. The maximum absolute atomic E-state index is 5.87. The second-order valence-electron chi connectivity index (χ2n) is 6.33. The van der Waals surface area contributed by atoms with Crippen LogP contribution < -0.4 is 0 Å². The largest absolute Gasteiger partial charge is 0.466 e. The predicted octanol–water partition coefficient (Wildman–Crippen LogP) is 5.68. The Morgan fingerprint density at radius 1 is 1.00 bits per heavy atom. The summed E-state index contributed by atoms with van der Waals surface area (Å²) in [5.74, 6) is 0.466. The third-order valence-corrected chi connectivity index (χ3v) is 3.36. The molecule has 0 aromatic carbocycles. The van der Waals surface area contributed by atoms with Gasteiger partial charge in [-0.15, -0.1) is 0 Å². The van der Waals surface area contributed by atoms with Crippen LogP contribution in [0.25, 0.3) is 0 Å². The average Bonchev–Trinajstić information content (AvgIpc) is 2.31. The summed E-state index contributed by atoms with van der Waals surface area (Å²) in [5.41, 5.74) is 0.128. The summed E-state index contributed by atoms with van der Waals surface area (Å²) in [6.07, 6.45) is 9.18. The molecule has 0 rings (SSSR count). The molecule has 0 saturated carbocycles. The van der Waals surface area contributed by atoms with Crippen molar-refractivity contribution in [1.82, 2.24) is 0 Å². The Kier molecular flexibility index (Phi) is 9.81. The van der Waals surface area contributed by atoms with E-state index < -0.39 is 0 Å². The SMILES string of the molecule is C=C(OCC)OC(CCCCCCCC)C(C)(C)C. The lowest BCUT2D eigenvalue weighted by atomic mass is 9.86. The molecule has 0 N–H and O–H groups in total. The van der Waals surface area contributed by atoms with Crippen LogP contribution in [-0.2, 0) is 9.47 Å². The van der Waals surface area contributed by atoms with Crippen molar-refractivity contribution in [1.29, 1.82) is 0 Å². The quantitative estimate of drug-likeness (QED) is 0.355. The first-order chi connectivity index (χ1) is 8.91. The van der Waals surface area contributed by atoms with E-state index >= 15 is 0 Å². The lowest BCUT2D eigenvalue weighted by molar-refractivity contribution is -0.0522. The highest BCUT2D eigenvalue weighted by atomic mass is 16.7. The second-order valence-corrected chi connectivity index (χ2v) is 6.33. The highest BCUT2D eigenvalue weighted by Gasteiger charge is 2.26. The Morgan fingerprint density at radius 3 is 2.11 bits per heavy atom. The summed E-state index contributed by atoms with van der Waals surface area (Å²) in [6.45, 7) is 15.3. The van der Waals surface area contributed by atoms with E-state index in [-0.39, 0.29) is 11.5 Å². The van der Waals surface area contributed by atoms with E-state index in [0.717, 1.165) is 6.42 Å². The molecule has 0 spiro atoms. The van der Waals surface area contributed by atoms with Crippen molar-refractivity contribution < 1.29 is 9.47 Å². The highest BCUT2D eigenvalue weighted by molar-refractivity contribution is 4.80. The summed E-state index contributed by atoms with van der Waals surface area (Å²) in [7, 11) is 0. The van der Waals surface area contributed by atoms with Crippen LogP contribution in [-0.4, -0.2) is 12.7 Å². The lowest BCUT2D eigenvalue weighted by Gasteiger charge is -2.31. The van der Waals surface area contributed by atoms with Crippen molar-refractivity contribution in [2.75, 3.05) is 6.61 Å². The third kappa shape index (κ3) is 9.86. The molecule has 2 nitrogen and oxygen atoms in total. The average molecular weight is 270 g/mol. The molecule has 2 heteroatoms. The molecule has 0 bridgehead atoms. The molecule has 0 radical (unpaired) electrons. The first-order valence-corrected chi connectivity index (χ1v) is 7.90. The van der Waals surface area contributed by atoms with Crippen molar-refractivity contribution in [3.8, 4) is 0 Å². The zero-order chi connectivity index (χ0) is 14.7. The van der Waals surface area contributed by atoms with Gasteiger partial charge in [-0.2, -0.15) is 0 Å². The standard InChI is InChI=1S/C17H34O2/c1-7-9-10-11-12-13-14-16(17(4,5)6)19-15(3)18-8-2/h16H,3,7-14H2,1-2,4-6H3. The third-order valence-electron chi connectivity index (χ3n) is 3.36. The van der Waals surface area contributed by atoms with Gasteiger partial charge in [0.25, 0.3) is 5.95 Å². The molecule has 0 aromatic heterocycles. The van der Waals surface area contributed by atoms with Gasteiger partial charge in [0.15, 0.2) is 0 Å². The van der Waals surface area contributed by atoms with Crippen LogP contribution >= 0.6 is 0 Å². The molecule has 0 aromatic rings. The fourth-order valence-electron chi connectivity index (χ4n) is 2.13. The molecule has 0 heterocycles. The van der Waals surface area contributed by atoms with Gasteiger partial charge < -0.3 is 9.47 Å². The maximum Gasteiger partial charge on any atom is 0.271 e. The molecule has 0 saturated heterocycles. The van der Waals surface area contributed by atoms with Crippen molar-refractivity contribution in [3.63, 3.8) is 0 Å². The van der Waals surface area contributed by atoms with E-state index in [2.05, 4.69) is 34.3 Å². The summed E-state index contributed by atoms with van der Waals surface area (Å²) >= 11 is 0. The minimum Gasteiger partial charge on any atom is -0.466 e.